The highest BCUT2D eigenvalue weighted by molar-refractivity contribution is 7.09. The summed E-state index contributed by atoms with van der Waals surface area (Å²) < 4.78 is 68.5. The molecule has 0 aliphatic carbocycles. The molecule has 0 amide bonds. The summed E-state index contributed by atoms with van der Waals surface area (Å²) in [5.74, 6) is -1.45. The van der Waals surface area contributed by atoms with Crippen LogP contribution in [0.1, 0.15) is 10.7 Å². The lowest BCUT2D eigenvalue weighted by molar-refractivity contribution is -0.140. The van der Waals surface area contributed by atoms with Crippen molar-refractivity contribution in [3.05, 3.63) is 45.9 Å². The minimum Gasteiger partial charge on any atom is -0.492 e. The van der Waals surface area contributed by atoms with Crippen molar-refractivity contribution in [2.45, 2.75) is 12.7 Å². The van der Waals surface area contributed by atoms with E-state index in [0.717, 1.165) is 28.8 Å². The monoisotopic (exact) mass is 394 g/mol. The zero-order valence-electron chi connectivity index (χ0n) is 13.5. The molecule has 0 bridgehead atoms. The first-order valence-corrected chi connectivity index (χ1v) is 8.21. The van der Waals surface area contributed by atoms with E-state index in [9.17, 15) is 22.0 Å². The molecule has 0 aliphatic rings. The molecule has 142 valence electrons. The standard InChI is InChI=1S/C15H15F5N4OS/c1-21-14(23-7-13-24-12(8-26-13)15(18,19)20)22-4-5-25-9-2-3-10(16)11(17)6-9/h2-3,6,8H,4-5,7H2,1H3,(H2,21,22,23). The molecule has 0 radical (unpaired) electrons. The van der Waals surface area contributed by atoms with Crippen molar-refractivity contribution in [2.24, 2.45) is 4.99 Å². The second-order valence-corrected chi connectivity index (χ2v) is 5.84. The van der Waals surface area contributed by atoms with E-state index in [-0.39, 0.29) is 30.5 Å². The van der Waals surface area contributed by atoms with Gasteiger partial charge >= 0.3 is 6.18 Å². The number of alkyl halides is 3. The number of ether oxygens (including phenoxy) is 1. The van der Waals surface area contributed by atoms with E-state index in [1.54, 1.807) is 0 Å². The molecule has 0 unspecified atom stereocenters. The zero-order valence-corrected chi connectivity index (χ0v) is 14.3. The van der Waals surface area contributed by atoms with Gasteiger partial charge in [-0.3, -0.25) is 4.99 Å². The molecule has 2 rings (SSSR count). The van der Waals surface area contributed by atoms with Crippen LogP contribution in [-0.2, 0) is 12.7 Å². The third-order valence-corrected chi connectivity index (χ3v) is 3.88. The summed E-state index contributed by atoms with van der Waals surface area (Å²) in [5, 5.41) is 6.90. The molecule has 1 heterocycles. The van der Waals surface area contributed by atoms with Crippen molar-refractivity contribution in [3.8, 4) is 5.75 Å². The van der Waals surface area contributed by atoms with Gasteiger partial charge in [0.1, 0.15) is 17.4 Å². The van der Waals surface area contributed by atoms with Crippen LogP contribution in [0.4, 0.5) is 22.0 Å². The lowest BCUT2D eigenvalue weighted by Gasteiger charge is -2.12. The van der Waals surface area contributed by atoms with Crippen LogP contribution in [-0.4, -0.2) is 31.1 Å². The Morgan fingerprint density at radius 2 is 2.00 bits per heavy atom. The predicted octanol–water partition coefficient (Wildman–Crippen LogP) is 3.18. The molecule has 0 aliphatic heterocycles. The molecule has 1 aromatic heterocycles. The Balaban J connectivity index is 1.74. The van der Waals surface area contributed by atoms with Gasteiger partial charge in [-0.2, -0.15) is 13.2 Å². The molecule has 0 atom stereocenters. The van der Waals surface area contributed by atoms with Gasteiger partial charge in [0, 0.05) is 18.5 Å². The average Bonchev–Trinajstić information content (AvgIpc) is 3.06. The number of guanidine groups is 1. The van der Waals surface area contributed by atoms with Gasteiger partial charge in [0.15, 0.2) is 23.3 Å². The van der Waals surface area contributed by atoms with E-state index in [2.05, 4.69) is 20.6 Å². The lowest BCUT2D eigenvalue weighted by atomic mass is 10.3. The summed E-state index contributed by atoms with van der Waals surface area (Å²) in [6.07, 6.45) is -4.47. The van der Waals surface area contributed by atoms with Gasteiger partial charge in [0.05, 0.1) is 13.1 Å². The van der Waals surface area contributed by atoms with Gasteiger partial charge < -0.3 is 15.4 Å². The Kier molecular flexibility index (Phi) is 6.72. The highest BCUT2D eigenvalue weighted by Gasteiger charge is 2.33. The molecular weight excluding hydrogens is 379 g/mol. The van der Waals surface area contributed by atoms with E-state index in [0.29, 0.717) is 5.96 Å². The Hall–Kier alpha value is -2.43. The first kappa shape index (κ1) is 19.9. The SMILES string of the molecule is CN=C(NCCOc1ccc(F)c(F)c1)NCc1nc(C(F)(F)F)cs1. The first-order chi connectivity index (χ1) is 12.3. The van der Waals surface area contributed by atoms with E-state index in [1.165, 1.54) is 13.1 Å². The number of benzene rings is 1. The molecule has 0 fully saturated rings. The largest absolute Gasteiger partial charge is 0.492 e. The molecule has 0 saturated heterocycles. The smallest absolute Gasteiger partial charge is 0.434 e. The number of nitrogens with zero attached hydrogens (tertiary/aromatic N) is 2. The van der Waals surface area contributed by atoms with Crippen LogP contribution in [0.3, 0.4) is 0 Å². The van der Waals surface area contributed by atoms with Crippen molar-refractivity contribution in [1.82, 2.24) is 15.6 Å². The molecule has 0 spiro atoms. The quantitative estimate of drug-likeness (QED) is 0.342. The van der Waals surface area contributed by atoms with Crippen LogP contribution in [0.25, 0.3) is 0 Å². The van der Waals surface area contributed by atoms with Gasteiger partial charge in [-0.25, -0.2) is 13.8 Å². The summed E-state index contributed by atoms with van der Waals surface area (Å²) in [5.41, 5.74) is -0.929. The molecule has 1 aromatic carbocycles. The minimum atomic E-state index is -4.47. The van der Waals surface area contributed by atoms with Gasteiger partial charge in [-0.05, 0) is 12.1 Å². The van der Waals surface area contributed by atoms with E-state index in [1.807, 2.05) is 0 Å². The first-order valence-electron chi connectivity index (χ1n) is 7.33. The van der Waals surface area contributed by atoms with E-state index < -0.39 is 23.5 Å². The molecule has 5 nitrogen and oxygen atoms in total. The van der Waals surface area contributed by atoms with Crippen molar-refractivity contribution in [3.63, 3.8) is 0 Å². The van der Waals surface area contributed by atoms with Crippen LogP contribution in [0.2, 0.25) is 0 Å². The Morgan fingerprint density at radius 3 is 2.62 bits per heavy atom. The fraction of sp³-hybridized carbons (Fsp3) is 0.333. The molecule has 26 heavy (non-hydrogen) atoms. The Bertz CT molecular complexity index is 763. The summed E-state index contributed by atoms with van der Waals surface area (Å²) in [6.45, 7) is 0.496. The second-order valence-electron chi connectivity index (χ2n) is 4.90. The number of aliphatic imine (C=N–C) groups is 1. The third kappa shape index (κ3) is 5.83. The molecule has 0 saturated carbocycles. The fourth-order valence-corrected chi connectivity index (χ4v) is 2.55. The number of hydrogen-bond donors (Lipinski definition) is 2. The minimum absolute atomic E-state index is 0.0739. The summed E-state index contributed by atoms with van der Waals surface area (Å²) in [6, 6.07) is 3.19. The van der Waals surface area contributed by atoms with Gasteiger partial charge in [0.2, 0.25) is 0 Å². The van der Waals surface area contributed by atoms with Crippen LogP contribution in [0, 0.1) is 11.6 Å². The van der Waals surface area contributed by atoms with Gasteiger partial charge in [-0.15, -0.1) is 11.3 Å². The van der Waals surface area contributed by atoms with Crippen molar-refractivity contribution in [2.75, 3.05) is 20.2 Å². The predicted molar refractivity (Wildman–Crippen MR) is 87.2 cm³/mol. The second kappa shape index (κ2) is 8.79. The molecule has 2 aromatic rings. The number of rotatable bonds is 6. The maximum absolute atomic E-state index is 13.0. The average molecular weight is 394 g/mol. The number of hydrogen-bond acceptors (Lipinski definition) is 4. The summed E-state index contributed by atoms with van der Waals surface area (Å²) in [4.78, 5) is 7.41. The zero-order chi connectivity index (χ0) is 19.2. The van der Waals surface area contributed by atoms with Crippen LogP contribution >= 0.6 is 11.3 Å². The topological polar surface area (TPSA) is 58.5 Å². The van der Waals surface area contributed by atoms with Crippen LogP contribution < -0.4 is 15.4 Å². The van der Waals surface area contributed by atoms with E-state index >= 15 is 0 Å². The maximum Gasteiger partial charge on any atom is 0.434 e. The number of thiazole rings is 1. The van der Waals surface area contributed by atoms with Gasteiger partial charge in [-0.1, -0.05) is 0 Å². The maximum atomic E-state index is 13.0. The van der Waals surface area contributed by atoms with E-state index in [4.69, 9.17) is 4.74 Å². The third-order valence-electron chi connectivity index (χ3n) is 3.03. The molecular formula is C15H15F5N4OS. The van der Waals surface area contributed by atoms with Crippen molar-refractivity contribution in [1.29, 1.82) is 0 Å². The van der Waals surface area contributed by atoms with Crippen LogP contribution in [0.5, 0.6) is 5.75 Å². The van der Waals surface area contributed by atoms with Crippen molar-refractivity contribution < 1.29 is 26.7 Å². The highest BCUT2D eigenvalue weighted by Crippen LogP contribution is 2.29. The summed E-state index contributed by atoms with van der Waals surface area (Å²) >= 11 is 0.890. The summed E-state index contributed by atoms with van der Waals surface area (Å²) in [7, 11) is 1.49. The van der Waals surface area contributed by atoms with Crippen LogP contribution in [0.15, 0.2) is 28.6 Å². The molecule has 11 heteroatoms. The highest BCUT2D eigenvalue weighted by atomic mass is 32.1. The molecule has 2 N–H and O–H groups in total. The lowest BCUT2D eigenvalue weighted by Crippen LogP contribution is -2.38. The Morgan fingerprint density at radius 1 is 1.23 bits per heavy atom. The van der Waals surface area contributed by atoms with Crippen molar-refractivity contribution >= 4 is 17.3 Å². The Labute approximate surface area is 149 Å². The number of aromatic nitrogens is 1. The normalized spacial score (nSPS) is 12.2. The van der Waals surface area contributed by atoms with Gasteiger partial charge in [0.25, 0.3) is 0 Å². The number of nitrogens with one attached hydrogen (secondary N) is 2. The fourth-order valence-electron chi connectivity index (χ4n) is 1.81. The number of halogens is 5.